The van der Waals surface area contributed by atoms with Crippen LogP contribution in [-0.4, -0.2) is 37.6 Å². The molecule has 0 heterocycles. The number of likely N-dealkylation sites (N-methyl/N-ethyl adjacent to an activating group) is 1. The van der Waals surface area contributed by atoms with Gasteiger partial charge in [0.25, 0.3) is 5.91 Å². The third-order valence-electron chi connectivity index (χ3n) is 2.46. The van der Waals surface area contributed by atoms with Crippen molar-refractivity contribution in [3.8, 4) is 17.6 Å². The van der Waals surface area contributed by atoms with Gasteiger partial charge in [0.05, 0.1) is 18.2 Å². The van der Waals surface area contributed by atoms with Crippen molar-refractivity contribution < 1.29 is 14.3 Å². The summed E-state index contributed by atoms with van der Waals surface area (Å²) in [4.78, 5) is 13.2. The Balaban J connectivity index is 2.94. The summed E-state index contributed by atoms with van der Waals surface area (Å²) in [5, 5.41) is 8.86. The van der Waals surface area contributed by atoms with Crippen LogP contribution in [-0.2, 0) is 4.79 Å². The first-order chi connectivity index (χ1) is 8.99. The summed E-state index contributed by atoms with van der Waals surface area (Å²) in [5.74, 6) is 0.801. The van der Waals surface area contributed by atoms with E-state index < -0.39 is 6.10 Å². The fourth-order valence-corrected chi connectivity index (χ4v) is 1.55. The highest BCUT2D eigenvalue weighted by atomic mass is 16.5. The molecule has 19 heavy (non-hydrogen) atoms. The second-order valence-corrected chi connectivity index (χ2v) is 4.20. The van der Waals surface area contributed by atoms with Crippen molar-refractivity contribution in [1.82, 2.24) is 4.90 Å². The molecule has 0 aliphatic carbocycles. The van der Waals surface area contributed by atoms with Gasteiger partial charge in [0.1, 0.15) is 0 Å². The molecule has 102 valence electrons. The van der Waals surface area contributed by atoms with Gasteiger partial charge in [-0.15, -0.1) is 0 Å². The highest BCUT2D eigenvalue weighted by molar-refractivity contribution is 5.80. The van der Waals surface area contributed by atoms with E-state index in [4.69, 9.17) is 14.7 Å². The van der Waals surface area contributed by atoms with Gasteiger partial charge in [0.15, 0.2) is 17.6 Å². The fourth-order valence-electron chi connectivity index (χ4n) is 1.55. The molecule has 1 rings (SSSR count). The maximum absolute atomic E-state index is 11.7. The third kappa shape index (κ3) is 3.88. The van der Waals surface area contributed by atoms with E-state index in [0.29, 0.717) is 23.7 Å². The molecule has 1 unspecified atom stereocenters. The Morgan fingerprint density at radius 3 is 2.63 bits per heavy atom. The van der Waals surface area contributed by atoms with Crippen LogP contribution in [0.5, 0.6) is 11.5 Å². The summed E-state index contributed by atoms with van der Waals surface area (Å²) in [6.45, 7) is 3.98. The van der Waals surface area contributed by atoms with Crippen LogP contribution in [0.1, 0.15) is 19.4 Å². The predicted octanol–water partition coefficient (Wildman–Crippen LogP) is 1.81. The Kier molecular flexibility index (Phi) is 5.19. The molecule has 0 bridgehead atoms. The van der Waals surface area contributed by atoms with Gasteiger partial charge in [-0.1, -0.05) is 0 Å². The lowest BCUT2D eigenvalue weighted by Crippen LogP contribution is -2.35. The number of carbonyl (C=O) groups is 1. The first-order valence-corrected chi connectivity index (χ1v) is 6.04. The van der Waals surface area contributed by atoms with E-state index in [2.05, 4.69) is 0 Å². The first-order valence-electron chi connectivity index (χ1n) is 6.04. The second-order valence-electron chi connectivity index (χ2n) is 4.20. The quantitative estimate of drug-likeness (QED) is 0.812. The van der Waals surface area contributed by atoms with Crippen LogP contribution in [0.2, 0.25) is 0 Å². The van der Waals surface area contributed by atoms with Crippen molar-refractivity contribution in [3.05, 3.63) is 23.8 Å². The van der Waals surface area contributed by atoms with E-state index >= 15 is 0 Å². The van der Waals surface area contributed by atoms with Crippen LogP contribution in [0.15, 0.2) is 18.2 Å². The van der Waals surface area contributed by atoms with E-state index in [1.54, 1.807) is 39.2 Å². The van der Waals surface area contributed by atoms with Gasteiger partial charge in [0.2, 0.25) is 0 Å². The lowest BCUT2D eigenvalue weighted by Gasteiger charge is -2.20. The molecule has 0 aromatic heterocycles. The number of ether oxygens (including phenoxy) is 2. The summed E-state index contributed by atoms with van der Waals surface area (Å²) in [5.41, 5.74) is 0.488. The number of hydrogen-bond acceptors (Lipinski definition) is 4. The lowest BCUT2D eigenvalue weighted by molar-refractivity contribution is -0.135. The molecular formula is C14H18N2O3. The zero-order valence-electron chi connectivity index (χ0n) is 11.6. The standard InChI is InChI=1S/C14H18N2O3/c1-5-18-13-8-11(9-15)6-7-12(13)19-10(2)14(17)16(3)4/h6-8,10H,5H2,1-4H3. The Hall–Kier alpha value is -2.22. The minimum absolute atomic E-state index is 0.133. The Morgan fingerprint density at radius 2 is 2.11 bits per heavy atom. The Labute approximate surface area is 113 Å². The molecule has 0 saturated carbocycles. The van der Waals surface area contributed by atoms with Gasteiger partial charge < -0.3 is 14.4 Å². The summed E-state index contributed by atoms with van der Waals surface area (Å²) in [7, 11) is 3.34. The number of nitriles is 1. The number of carbonyl (C=O) groups excluding carboxylic acids is 1. The number of benzene rings is 1. The van der Waals surface area contributed by atoms with Crippen molar-refractivity contribution in [2.24, 2.45) is 0 Å². The zero-order chi connectivity index (χ0) is 14.4. The summed E-state index contributed by atoms with van der Waals surface area (Å²) in [6, 6.07) is 6.91. The van der Waals surface area contributed by atoms with Crippen LogP contribution in [0, 0.1) is 11.3 Å². The monoisotopic (exact) mass is 262 g/mol. The molecule has 0 saturated heterocycles. The van der Waals surface area contributed by atoms with Gasteiger partial charge in [-0.2, -0.15) is 5.26 Å². The topological polar surface area (TPSA) is 62.6 Å². The van der Waals surface area contributed by atoms with Crippen molar-refractivity contribution in [2.45, 2.75) is 20.0 Å². The highest BCUT2D eigenvalue weighted by Gasteiger charge is 2.18. The van der Waals surface area contributed by atoms with E-state index in [0.717, 1.165) is 0 Å². The summed E-state index contributed by atoms with van der Waals surface area (Å²) < 4.78 is 11.0. The minimum atomic E-state index is -0.609. The molecule has 0 aliphatic heterocycles. The predicted molar refractivity (Wildman–Crippen MR) is 71.1 cm³/mol. The zero-order valence-corrected chi connectivity index (χ0v) is 11.6. The lowest BCUT2D eigenvalue weighted by atomic mass is 10.2. The van der Waals surface area contributed by atoms with Gasteiger partial charge in [-0.3, -0.25) is 4.79 Å². The maximum atomic E-state index is 11.7. The van der Waals surface area contributed by atoms with E-state index in [1.807, 2.05) is 13.0 Å². The molecule has 1 aromatic carbocycles. The molecule has 5 nitrogen and oxygen atoms in total. The Morgan fingerprint density at radius 1 is 1.42 bits per heavy atom. The van der Waals surface area contributed by atoms with Crippen LogP contribution in [0.4, 0.5) is 0 Å². The van der Waals surface area contributed by atoms with Crippen LogP contribution in [0.3, 0.4) is 0 Å². The third-order valence-corrected chi connectivity index (χ3v) is 2.46. The van der Waals surface area contributed by atoms with Crippen molar-refractivity contribution >= 4 is 5.91 Å². The van der Waals surface area contributed by atoms with Gasteiger partial charge >= 0.3 is 0 Å². The first kappa shape index (κ1) is 14.8. The maximum Gasteiger partial charge on any atom is 0.262 e. The second kappa shape index (κ2) is 6.64. The van der Waals surface area contributed by atoms with Gasteiger partial charge in [-0.05, 0) is 26.0 Å². The molecule has 0 aliphatic rings. The molecule has 0 fully saturated rings. The van der Waals surface area contributed by atoms with E-state index in [-0.39, 0.29) is 5.91 Å². The molecular weight excluding hydrogens is 244 g/mol. The van der Waals surface area contributed by atoms with Crippen LogP contribution < -0.4 is 9.47 Å². The average Bonchev–Trinajstić information content (AvgIpc) is 2.39. The minimum Gasteiger partial charge on any atom is -0.490 e. The largest absolute Gasteiger partial charge is 0.490 e. The van der Waals surface area contributed by atoms with Crippen molar-refractivity contribution in [1.29, 1.82) is 5.26 Å². The fraction of sp³-hybridized carbons (Fsp3) is 0.429. The number of amides is 1. The number of nitrogens with zero attached hydrogens (tertiary/aromatic N) is 2. The Bertz CT molecular complexity index is 492. The van der Waals surface area contributed by atoms with E-state index in [1.165, 1.54) is 4.90 Å². The van der Waals surface area contributed by atoms with Gasteiger partial charge in [-0.25, -0.2) is 0 Å². The van der Waals surface area contributed by atoms with Crippen LogP contribution >= 0.6 is 0 Å². The number of rotatable bonds is 5. The van der Waals surface area contributed by atoms with Crippen LogP contribution in [0.25, 0.3) is 0 Å². The summed E-state index contributed by atoms with van der Waals surface area (Å²) in [6.07, 6.45) is -0.609. The van der Waals surface area contributed by atoms with Gasteiger partial charge in [0, 0.05) is 20.2 Å². The average molecular weight is 262 g/mol. The number of hydrogen-bond donors (Lipinski definition) is 0. The summed E-state index contributed by atoms with van der Waals surface area (Å²) >= 11 is 0. The smallest absolute Gasteiger partial charge is 0.262 e. The molecule has 0 spiro atoms. The van der Waals surface area contributed by atoms with Crippen molar-refractivity contribution in [2.75, 3.05) is 20.7 Å². The molecule has 0 N–H and O–H groups in total. The highest BCUT2D eigenvalue weighted by Crippen LogP contribution is 2.29. The molecule has 1 atom stereocenters. The molecule has 5 heteroatoms. The SMILES string of the molecule is CCOc1cc(C#N)ccc1OC(C)C(=O)N(C)C. The normalized spacial score (nSPS) is 11.3. The van der Waals surface area contributed by atoms with E-state index in [9.17, 15) is 4.79 Å². The molecule has 1 amide bonds. The molecule has 0 radical (unpaired) electrons. The molecule has 1 aromatic rings. The van der Waals surface area contributed by atoms with Crippen molar-refractivity contribution in [3.63, 3.8) is 0 Å².